The normalized spacial score (nSPS) is 20.6. The maximum absolute atomic E-state index is 12.0. The summed E-state index contributed by atoms with van der Waals surface area (Å²) in [7, 11) is 0. The number of nitrogens with one attached hydrogen (secondary N) is 2. The number of aliphatic hydroxyl groups is 1. The van der Waals surface area contributed by atoms with Gasteiger partial charge in [-0.1, -0.05) is 0 Å². The quantitative estimate of drug-likeness (QED) is 0.728. The average molecular weight is 334 g/mol. The molecule has 1 aliphatic rings. The van der Waals surface area contributed by atoms with Crippen molar-refractivity contribution in [3.8, 4) is 0 Å². The van der Waals surface area contributed by atoms with E-state index in [9.17, 15) is 9.90 Å². The highest BCUT2D eigenvalue weighted by molar-refractivity contribution is 5.94. The zero-order valence-corrected chi connectivity index (χ0v) is 12.7. The van der Waals surface area contributed by atoms with Crippen LogP contribution in [0.2, 0.25) is 0 Å². The molecule has 1 amide bonds. The third kappa shape index (κ3) is 3.82. The number of β-amino-alcohol motifs (C(OH)–C–C–N with tert-alkyl or cyclic N) is 1. The molecule has 2 unspecified atom stereocenters. The van der Waals surface area contributed by atoms with Crippen LogP contribution in [0.5, 0.6) is 0 Å². The van der Waals surface area contributed by atoms with Crippen LogP contribution in [0.1, 0.15) is 10.4 Å². The summed E-state index contributed by atoms with van der Waals surface area (Å²) in [6, 6.07) is 3.45. The Kier molecular flexibility index (Phi) is 6.35. The van der Waals surface area contributed by atoms with E-state index in [-0.39, 0.29) is 42.7 Å². The van der Waals surface area contributed by atoms with Gasteiger partial charge < -0.3 is 15.7 Å². The first kappa shape index (κ1) is 17.6. The van der Waals surface area contributed by atoms with Gasteiger partial charge in [0, 0.05) is 31.7 Å². The fourth-order valence-corrected chi connectivity index (χ4v) is 2.22. The summed E-state index contributed by atoms with van der Waals surface area (Å²) in [5.74, 6) is -0.0858. The van der Waals surface area contributed by atoms with Crippen LogP contribution in [0.15, 0.2) is 24.7 Å². The molecule has 3 N–H and O–H groups in total. The molecule has 0 aromatic carbocycles. The second-order valence-corrected chi connectivity index (χ2v) is 4.71. The van der Waals surface area contributed by atoms with Crippen molar-refractivity contribution in [1.29, 1.82) is 0 Å². The molecule has 1 aliphatic heterocycles. The summed E-state index contributed by atoms with van der Waals surface area (Å²) >= 11 is 0. The van der Waals surface area contributed by atoms with Gasteiger partial charge in [-0.2, -0.15) is 0 Å². The van der Waals surface area contributed by atoms with E-state index in [1.54, 1.807) is 29.1 Å². The van der Waals surface area contributed by atoms with Crippen molar-refractivity contribution in [3.63, 3.8) is 0 Å². The summed E-state index contributed by atoms with van der Waals surface area (Å²) in [5.41, 5.74) is 1.25. The monoisotopic (exact) mass is 333 g/mol. The summed E-state index contributed by atoms with van der Waals surface area (Å²) in [5, 5.41) is 23.2. The lowest BCUT2D eigenvalue weighted by molar-refractivity contribution is 0.0926. The van der Waals surface area contributed by atoms with Gasteiger partial charge in [-0.05, 0) is 12.1 Å². The summed E-state index contributed by atoms with van der Waals surface area (Å²) < 4.78 is 1.70. The van der Waals surface area contributed by atoms with Crippen LogP contribution in [-0.4, -0.2) is 51.4 Å². The average Bonchev–Trinajstić information content (AvgIpc) is 3.03. The van der Waals surface area contributed by atoms with Crippen molar-refractivity contribution in [3.05, 3.63) is 30.2 Å². The highest BCUT2D eigenvalue weighted by Gasteiger charge is 2.25. The van der Waals surface area contributed by atoms with Gasteiger partial charge in [0.25, 0.3) is 5.91 Å². The zero-order valence-electron chi connectivity index (χ0n) is 11.1. The molecule has 21 heavy (non-hydrogen) atoms. The smallest absolute Gasteiger partial charge is 0.252 e. The number of hydrogen-bond acceptors (Lipinski definition) is 5. The van der Waals surface area contributed by atoms with E-state index in [1.807, 2.05) is 0 Å². The van der Waals surface area contributed by atoms with Crippen molar-refractivity contribution in [1.82, 2.24) is 25.2 Å². The molecule has 9 heteroatoms. The molecular weight excluding hydrogens is 317 g/mol. The molecule has 0 aliphatic carbocycles. The van der Waals surface area contributed by atoms with E-state index < -0.39 is 0 Å². The Morgan fingerprint density at radius 3 is 2.95 bits per heavy atom. The summed E-state index contributed by atoms with van der Waals surface area (Å²) in [6.07, 6.45) is 2.85. The van der Waals surface area contributed by atoms with E-state index in [0.717, 1.165) is 6.54 Å². The Morgan fingerprint density at radius 1 is 1.43 bits per heavy atom. The van der Waals surface area contributed by atoms with Crippen molar-refractivity contribution < 1.29 is 9.90 Å². The second kappa shape index (κ2) is 7.56. The van der Waals surface area contributed by atoms with Crippen molar-refractivity contribution in [2.45, 2.75) is 6.10 Å². The zero-order chi connectivity index (χ0) is 13.2. The largest absolute Gasteiger partial charge is 0.391 e. The molecule has 116 valence electrons. The van der Waals surface area contributed by atoms with E-state index in [0.29, 0.717) is 24.3 Å². The van der Waals surface area contributed by atoms with Gasteiger partial charge >= 0.3 is 0 Å². The van der Waals surface area contributed by atoms with Gasteiger partial charge in [-0.3, -0.25) is 9.20 Å². The van der Waals surface area contributed by atoms with Gasteiger partial charge in [0.1, 0.15) is 6.33 Å². The Hall–Kier alpha value is -1.41. The van der Waals surface area contributed by atoms with Crippen LogP contribution in [0.3, 0.4) is 0 Å². The van der Waals surface area contributed by atoms with Crippen LogP contribution >= 0.6 is 24.8 Å². The van der Waals surface area contributed by atoms with Crippen LogP contribution < -0.4 is 10.6 Å². The molecule has 0 bridgehead atoms. The van der Waals surface area contributed by atoms with Crippen LogP contribution in [0.4, 0.5) is 0 Å². The Labute approximate surface area is 134 Å². The molecule has 2 atom stereocenters. The third-order valence-corrected chi connectivity index (χ3v) is 3.38. The highest BCUT2D eigenvalue weighted by atomic mass is 35.5. The first-order chi connectivity index (χ1) is 9.24. The minimum atomic E-state index is -0.388. The number of hydrogen-bond donors (Lipinski definition) is 3. The fourth-order valence-electron chi connectivity index (χ4n) is 2.22. The minimum Gasteiger partial charge on any atom is -0.391 e. The molecule has 1 fully saturated rings. The number of aromatic nitrogens is 3. The van der Waals surface area contributed by atoms with E-state index in [1.165, 1.54) is 0 Å². The Morgan fingerprint density at radius 2 is 2.24 bits per heavy atom. The fraction of sp³-hybridized carbons (Fsp3) is 0.417. The molecule has 3 rings (SSSR count). The summed E-state index contributed by atoms with van der Waals surface area (Å²) in [4.78, 5) is 12.0. The van der Waals surface area contributed by atoms with Gasteiger partial charge in [0.05, 0.1) is 11.7 Å². The van der Waals surface area contributed by atoms with Gasteiger partial charge in [-0.15, -0.1) is 35.0 Å². The number of rotatable bonds is 3. The molecule has 0 spiro atoms. The van der Waals surface area contributed by atoms with Crippen molar-refractivity contribution in [2.75, 3.05) is 19.6 Å². The van der Waals surface area contributed by atoms with Crippen LogP contribution in [0.25, 0.3) is 5.65 Å². The SMILES string of the molecule is Cl.Cl.O=C(NCC1CNCC1O)c1ccc2nncn2c1. The van der Waals surface area contributed by atoms with Gasteiger partial charge in [-0.25, -0.2) is 0 Å². The number of carbonyl (C=O) groups excluding carboxylic acids is 1. The van der Waals surface area contributed by atoms with E-state index in [2.05, 4.69) is 20.8 Å². The number of carbonyl (C=O) groups is 1. The van der Waals surface area contributed by atoms with Gasteiger partial charge in [0.15, 0.2) is 5.65 Å². The number of halogens is 2. The molecule has 7 nitrogen and oxygen atoms in total. The number of aliphatic hydroxyl groups excluding tert-OH is 1. The number of amides is 1. The first-order valence-electron chi connectivity index (χ1n) is 6.20. The van der Waals surface area contributed by atoms with E-state index >= 15 is 0 Å². The molecule has 3 heterocycles. The maximum Gasteiger partial charge on any atom is 0.252 e. The molecule has 0 saturated carbocycles. The van der Waals surface area contributed by atoms with Crippen molar-refractivity contribution in [2.24, 2.45) is 5.92 Å². The standard InChI is InChI=1S/C12H15N5O2.2ClH/c18-10-5-13-3-9(10)4-14-12(19)8-1-2-11-16-15-7-17(11)6-8;;/h1-2,6-7,9-10,13,18H,3-5H2,(H,14,19);2*1H. The molecule has 2 aromatic rings. The van der Waals surface area contributed by atoms with Crippen LogP contribution in [0, 0.1) is 5.92 Å². The van der Waals surface area contributed by atoms with Gasteiger partial charge in [0.2, 0.25) is 0 Å². The minimum absolute atomic E-state index is 0. The third-order valence-electron chi connectivity index (χ3n) is 3.38. The van der Waals surface area contributed by atoms with E-state index in [4.69, 9.17) is 0 Å². The Bertz CT molecular complexity index is 606. The lowest BCUT2D eigenvalue weighted by Gasteiger charge is -2.14. The van der Waals surface area contributed by atoms with Crippen molar-refractivity contribution >= 4 is 36.4 Å². The number of pyridine rings is 1. The Balaban J connectivity index is 0.00000110. The molecule has 1 saturated heterocycles. The van der Waals surface area contributed by atoms with Crippen LogP contribution in [-0.2, 0) is 0 Å². The summed E-state index contributed by atoms with van der Waals surface area (Å²) in [6.45, 7) is 1.78. The predicted octanol–water partition coefficient (Wildman–Crippen LogP) is -0.117. The lowest BCUT2D eigenvalue weighted by Crippen LogP contribution is -2.34. The number of fused-ring (bicyclic) bond motifs is 1. The molecule has 2 aromatic heterocycles. The predicted molar refractivity (Wildman–Crippen MR) is 82.2 cm³/mol. The maximum atomic E-state index is 12.0. The lowest BCUT2D eigenvalue weighted by atomic mass is 10.1. The molecular formula is C12H17Cl2N5O2. The first-order valence-corrected chi connectivity index (χ1v) is 6.20. The second-order valence-electron chi connectivity index (χ2n) is 4.71. The topological polar surface area (TPSA) is 91.5 Å². The molecule has 0 radical (unpaired) electrons. The highest BCUT2D eigenvalue weighted by Crippen LogP contribution is 2.08. The number of nitrogens with zero attached hydrogens (tertiary/aromatic N) is 3.